The summed E-state index contributed by atoms with van der Waals surface area (Å²) in [5, 5.41) is 4.21. The molecule has 0 saturated heterocycles. The minimum absolute atomic E-state index is 0.0897. The highest BCUT2D eigenvalue weighted by atomic mass is 19.4. The molecule has 1 aromatic rings. The molecule has 1 aliphatic heterocycles. The molecule has 27 heavy (non-hydrogen) atoms. The normalized spacial score (nSPS) is 15.6. The molecule has 2 heterocycles. The summed E-state index contributed by atoms with van der Waals surface area (Å²) in [5.41, 5.74) is 4.21. The van der Waals surface area contributed by atoms with Gasteiger partial charge in [-0.1, -0.05) is 13.8 Å². The summed E-state index contributed by atoms with van der Waals surface area (Å²) >= 11 is 0. The standard InChI is InChI=1S/C18H23F3N4O2/c1-11(2)16(26)24-15-9-14(6-7-22-15)13(4)25-17(12(3)5-8-23-25)27-10-18(19,20)21/h5-9,11,13,23H,10H2,1-4H3,(H,22,24,26). The van der Waals surface area contributed by atoms with Crippen LogP contribution in [0.2, 0.25) is 0 Å². The third kappa shape index (κ3) is 5.63. The van der Waals surface area contributed by atoms with Crippen molar-refractivity contribution < 1.29 is 22.7 Å². The van der Waals surface area contributed by atoms with Crippen molar-refractivity contribution in [2.45, 2.75) is 39.9 Å². The molecule has 0 fully saturated rings. The molecule has 148 valence electrons. The Morgan fingerprint density at radius 3 is 2.70 bits per heavy atom. The fourth-order valence-electron chi connectivity index (χ4n) is 2.38. The van der Waals surface area contributed by atoms with Gasteiger partial charge in [-0.15, -0.1) is 0 Å². The van der Waals surface area contributed by atoms with Crippen LogP contribution in [0.1, 0.15) is 39.3 Å². The summed E-state index contributed by atoms with van der Waals surface area (Å²) in [5.74, 6) is 0.0990. The Balaban J connectivity index is 2.21. The van der Waals surface area contributed by atoms with Gasteiger partial charge in [0.2, 0.25) is 11.8 Å². The molecular formula is C18H23F3N4O2. The number of alkyl halides is 3. The molecule has 0 spiro atoms. The first-order valence-electron chi connectivity index (χ1n) is 8.47. The van der Waals surface area contributed by atoms with Gasteiger partial charge in [0, 0.05) is 23.9 Å². The Morgan fingerprint density at radius 2 is 2.07 bits per heavy atom. The highest BCUT2D eigenvalue weighted by molar-refractivity contribution is 5.91. The average Bonchev–Trinajstić information content (AvgIpc) is 2.59. The van der Waals surface area contributed by atoms with Crippen molar-refractivity contribution in [2.24, 2.45) is 5.92 Å². The number of amides is 1. The Kier molecular flexibility index (Phi) is 6.35. The lowest BCUT2D eigenvalue weighted by molar-refractivity contribution is -0.172. The van der Waals surface area contributed by atoms with E-state index >= 15 is 0 Å². The van der Waals surface area contributed by atoms with Gasteiger partial charge >= 0.3 is 6.18 Å². The lowest BCUT2D eigenvalue weighted by Gasteiger charge is -2.35. The fraction of sp³-hybridized carbons (Fsp3) is 0.444. The molecule has 9 heteroatoms. The molecule has 0 radical (unpaired) electrons. The molecule has 1 atom stereocenters. The van der Waals surface area contributed by atoms with Crippen LogP contribution in [0.3, 0.4) is 0 Å². The molecule has 2 rings (SSSR count). The molecular weight excluding hydrogens is 361 g/mol. The lowest BCUT2D eigenvalue weighted by Crippen LogP contribution is -2.40. The maximum Gasteiger partial charge on any atom is 0.422 e. The Labute approximate surface area is 156 Å². The second-order valence-corrected chi connectivity index (χ2v) is 6.52. The molecule has 0 bridgehead atoms. The highest BCUT2D eigenvalue weighted by Crippen LogP contribution is 2.29. The van der Waals surface area contributed by atoms with Crippen LogP contribution >= 0.6 is 0 Å². The summed E-state index contributed by atoms with van der Waals surface area (Å²) in [4.78, 5) is 16.0. The molecule has 1 unspecified atom stereocenters. The number of anilines is 1. The molecule has 6 nitrogen and oxygen atoms in total. The molecule has 2 N–H and O–H groups in total. The van der Waals surface area contributed by atoms with E-state index in [4.69, 9.17) is 4.74 Å². The number of allylic oxidation sites excluding steroid dienone is 2. The Morgan fingerprint density at radius 1 is 1.37 bits per heavy atom. The van der Waals surface area contributed by atoms with E-state index in [0.717, 1.165) is 5.56 Å². The van der Waals surface area contributed by atoms with Crippen LogP contribution in [0.5, 0.6) is 0 Å². The summed E-state index contributed by atoms with van der Waals surface area (Å²) in [6, 6.07) is 3.03. The third-order valence-electron chi connectivity index (χ3n) is 3.90. The number of ether oxygens (including phenoxy) is 1. The number of rotatable bonds is 6. The van der Waals surface area contributed by atoms with Crippen molar-refractivity contribution in [1.82, 2.24) is 15.4 Å². The quantitative estimate of drug-likeness (QED) is 0.779. The topological polar surface area (TPSA) is 66.5 Å². The summed E-state index contributed by atoms with van der Waals surface area (Å²) < 4.78 is 42.7. The van der Waals surface area contributed by atoms with Crippen molar-refractivity contribution >= 4 is 11.7 Å². The van der Waals surface area contributed by atoms with Crippen LogP contribution < -0.4 is 10.7 Å². The average molecular weight is 384 g/mol. The van der Waals surface area contributed by atoms with Crippen molar-refractivity contribution in [1.29, 1.82) is 0 Å². The van der Waals surface area contributed by atoms with E-state index in [1.807, 2.05) is 0 Å². The first kappa shape index (κ1) is 20.6. The molecule has 1 aliphatic rings. The van der Waals surface area contributed by atoms with E-state index < -0.39 is 12.8 Å². The van der Waals surface area contributed by atoms with Crippen molar-refractivity contribution in [3.63, 3.8) is 0 Å². The van der Waals surface area contributed by atoms with E-state index in [-0.39, 0.29) is 23.8 Å². The second kappa shape index (κ2) is 8.32. The van der Waals surface area contributed by atoms with Gasteiger partial charge in [-0.2, -0.15) is 13.2 Å². The first-order chi connectivity index (χ1) is 12.6. The van der Waals surface area contributed by atoms with Crippen LogP contribution in [0, 0.1) is 5.92 Å². The lowest BCUT2D eigenvalue weighted by atomic mass is 10.1. The largest absolute Gasteiger partial charge is 0.468 e. The molecule has 1 aromatic heterocycles. The molecule has 0 aromatic carbocycles. The summed E-state index contributed by atoms with van der Waals surface area (Å²) in [6.07, 6.45) is 0.355. The van der Waals surface area contributed by atoms with Gasteiger partial charge in [-0.05, 0) is 37.6 Å². The Hall–Kier alpha value is -2.71. The van der Waals surface area contributed by atoms with Crippen LogP contribution in [-0.4, -0.2) is 28.7 Å². The number of carbonyl (C=O) groups excluding carboxylic acids is 1. The number of hydrogen-bond donors (Lipinski definition) is 2. The third-order valence-corrected chi connectivity index (χ3v) is 3.90. The zero-order chi connectivity index (χ0) is 20.2. The minimum Gasteiger partial charge on any atom is -0.468 e. The second-order valence-electron chi connectivity index (χ2n) is 6.52. The maximum absolute atomic E-state index is 12.6. The van der Waals surface area contributed by atoms with E-state index in [1.54, 1.807) is 52.1 Å². The fourth-order valence-corrected chi connectivity index (χ4v) is 2.38. The number of nitrogens with zero attached hydrogens (tertiary/aromatic N) is 2. The van der Waals surface area contributed by atoms with Crippen molar-refractivity contribution in [3.8, 4) is 0 Å². The SMILES string of the molecule is CC1=C(OCC(F)(F)F)N(C(C)c2ccnc(NC(=O)C(C)C)c2)NC=C1. The molecule has 0 aliphatic carbocycles. The predicted octanol–water partition coefficient (Wildman–Crippen LogP) is 3.88. The number of aromatic nitrogens is 1. The molecule has 1 amide bonds. The summed E-state index contributed by atoms with van der Waals surface area (Å²) in [6.45, 7) is 5.63. The van der Waals surface area contributed by atoms with Gasteiger partial charge in [-0.25, -0.2) is 9.99 Å². The molecule has 0 saturated carbocycles. The smallest absolute Gasteiger partial charge is 0.422 e. The number of hydrazine groups is 1. The number of pyridine rings is 1. The number of hydrogen-bond acceptors (Lipinski definition) is 5. The zero-order valence-electron chi connectivity index (χ0n) is 15.6. The van der Waals surface area contributed by atoms with E-state index in [2.05, 4.69) is 15.7 Å². The van der Waals surface area contributed by atoms with Gasteiger partial charge < -0.3 is 15.5 Å². The van der Waals surface area contributed by atoms with E-state index in [1.165, 1.54) is 11.2 Å². The first-order valence-corrected chi connectivity index (χ1v) is 8.47. The summed E-state index contributed by atoms with van der Waals surface area (Å²) in [7, 11) is 0. The number of nitrogens with one attached hydrogen (secondary N) is 2. The van der Waals surface area contributed by atoms with E-state index in [9.17, 15) is 18.0 Å². The van der Waals surface area contributed by atoms with Crippen LogP contribution in [0.25, 0.3) is 0 Å². The minimum atomic E-state index is -4.44. The Bertz CT molecular complexity index is 744. The van der Waals surface area contributed by atoms with Crippen LogP contribution in [-0.2, 0) is 9.53 Å². The van der Waals surface area contributed by atoms with Gasteiger partial charge in [-0.3, -0.25) is 4.79 Å². The van der Waals surface area contributed by atoms with Gasteiger partial charge in [0.1, 0.15) is 5.82 Å². The zero-order valence-corrected chi connectivity index (χ0v) is 15.6. The van der Waals surface area contributed by atoms with Gasteiger partial charge in [0.15, 0.2) is 6.61 Å². The predicted molar refractivity (Wildman–Crippen MR) is 94.9 cm³/mol. The van der Waals surface area contributed by atoms with Crippen LogP contribution in [0.15, 0.2) is 42.1 Å². The van der Waals surface area contributed by atoms with Crippen molar-refractivity contribution in [3.05, 3.63) is 47.6 Å². The monoisotopic (exact) mass is 384 g/mol. The maximum atomic E-state index is 12.6. The highest BCUT2D eigenvalue weighted by Gasteiger charge is 2.32. The number of carbonyl (C=O) groups is 1. The van der Waals surface area contributed by atoms with Gasteiger partial charge in [0.05, 0.1) is 6.04 Å². The van der Waals surface area contributed by atoms with Crippen LogP contribution in [0.4, 0.5) is 19.0 Å². The van der Waals surface area contributed by atoms with E-state index in [0.29, 0.717) is 11.4 Å². The number of halogens is 3. The van der Waals surface area contributed by atoms with Gasteiger partial charge in [0.25, 0.3) is 0 Å². The van der Waals surface area contributed by atoms with Crippen molar-refractivity contribution in [2.75, 3.05) is 11.9 Å².